The third kappa shape index (κ3) is 1.62. The molecule has 1 aromatic heterocycles. The lowest BCUT2D eigenvalue weighted by Gasteiger charge is -2.15. The molecule has 0 aliphatic carbocycles. The first kappa shape index (κ1) is 9.19. The first-order valence-electron chi connectivity index (χ1n) is 4.90. The summed E-state index contributed by atoms with van der Waals surface area (Å²) in [6, 6.07) is 3.83. The first-order chi connectivity index (χ1) is 6.81. The van der Waals surface area contributed by atoms with Gasteiger partial charge >= 0.3 is 5.97 Å². The molecule has 3 heteroatoms. The summed E-state index contributed by atoms with van der Waals surface area (Å²) in [7, 11) is 0. The Morgan fingerprint density at radius 1 is 1.64 bits per heavy atom. The maximum atomic E-state index is 11.2. The van der Waals surface area contributed by atoms with E-state index >= 15 is 0 Å². The highest BCUT2D eigenvalue weighted by molar-refractivity contribution is 5.72. The number of hydrogen-bond donors (Lipinski definition) is 0. The molecule has 1 saturated heterocycles. The Bertz CT molecular complexity index is 323. The molecule has 2 unspecified atom stereocenters. The Morgan fingerprint density at radius 2 is 2.50 bits per heavy atom. The van der Waals surface area contributed by atoms with Crippen molar-refractivity contribution < 1.29 is 9.53 Å². The zero-order valence-corrected chi connectivity index (χ0v) is 8.14. The molecule has 2 rings (SSSR count). The van der Waals surface area contributed by atoms with Crippen molar-refractivity contribution in [2.24, 2.45) is 5.92 Å². The van der Waals surface area contributed by atoms with Gasteiger partial charge in [0.25, 0.3) is 0 Å². The van der Waals surface area contributed by atoms with Crippen LogP contribution in [0.15, 0.2) is 24.5 Å². The third-order valence-electron chi connectivity index (χ3n) is 2.65. The van der Waals surface area contributed by atoms with Crippen molar-refractivity contribution in [1.29, 1.82) is 0 Å². The van der Waals surface area contributed by atoms with Crippen LogP contribution in [-0.2, 0) is 9.53 Å². The second kappa shape index (κ2) is 3.78. The summed E-state index contributed by atoms with van der Waals surface area (Å²) in [5, 5.41) is 0. The fourth-order valence-corrected chi connectivity index (χ4v) is 1.85. The number of nitrogens with zero attached hydrogens (tertiary/aromatic N) is 1. The highest BCUT2D eigenvalue weighted by atomic mass is 16.5. The molecule has 0 radical (unpaired) electrons. The maximum Gasteiger partial charge on any atom is 0.306 e. The molecule has 2 atom stereocenters. The Morgan fingerprint density at radius 3 is 3.14 bits per heavy atom. The summed E-state index contributed by atoms with van der Waals surface area (Å²) in [6.45, 7) is 2.08. The van der Waals surface area contributed by atoms with Gasteiger partial charge in [-0.1, -0.05) is 13.0 Å². The molecular formula is C11H13NO2. The average molecular weight is 191 g/mol. The zero-order valence-electron chi connectivity index (χ0n) is 8.14. The number of hydrogen-bond acceptors (Lipinski definition) is 3. The molecule has 74 valence electrons. The molecule has 0 saturated carbocycles. The summed E-state index contributed by atoms with van der Waals surface area (Å²) in [4.78, 5) is 15.2. The molecule has 1 aromatic rings. The van der Waals surface area contributed by atoms with Crippen molar-refractivity contribution >= 4 is 5.97 Å². The largest absolute Gasteiger partial charge is 0.457 e. The number of ether oxygens (including phenoxy) is 1. The molecule has 1 aliphatic rings. The fourth-order valence-electron chi connectivity index (χ4n) is 1.85. The predicted molar refractivity (Wildman–Crippen MR) is 51.5 cm³/mol. The molecule has 14 heavy (non-hydrogen) atoms. The zero-order chi connectivity index (χ0) is 9.97. The van der Waals surface area contributed by atoms with Crippen molar-refractivity contribution in [1.82, 2.24) is 4.98 Å². The van der Waals surface area contributed by atoms with Gasteiger partial charge in [0.2, 0.25) is 0 Å². The second-order valence-corrected chi connectivity index (χ2v) is 3.57. The summed E-state index contributed by atoms with van der Waals surface area (Å²) in [6.07, 6.45) is 4.91. The summed E-state index contributed by atoms with van der Waals surface area (Å²) in [5.74, 6) is 0.220. The molecule has 0 bridgehead atoms. The van der Waals surface area contributed by atoms with Crippen LogP contribution in [0.2, 0.25) is 0 Å². The topological polar surface area (TPSA) is 39.2 Å². The van der Waals surface area contributed by atoms with Gasteiger partial charge in [0.1, 0.15) is 6.10 Å². The quantitative estimate of drug-likeness (QED) is 0.672. The van der Waals surface area contributed by atoms with E-state index in [4.69, 9.17) is 4.74 Å². The van der Waals surface area contributed by atoms with E-state index in [-0.39, 0.29) is 12.1 Å². The second-order valence-electron chi connectivity index (χ2n) is 3.57. The Balaban J connectivity index is 2.22. The number of carbonyl (C=O) groups excluding carboxylic acids is 1. The third-order valence-corrected chi connectivity index (χ3v) is 2.65. The van der Waals surface area contributed by atoms with Crippen LogP contribution in [0.4, 0.5) is 0 Å². The van der Waals surface area contributed by atoms with Gasteiger partial charge in [0.15, 0.2) is 0 Å². The average Bonchev–Trinajstić information content (AvgIpc) is 2.61. The van der Waals surface area contributed by atoms with E-state index in [1.807, 2.05) is 12.1 Å². The predicted octanol–water partition coefficient (Wildman–Crippen LogP) is 2.10. The van der Waals surface area contributed by atoms with E-state index in [1.165, 1.54) is 0 Å². The van der Waals surface area contributed by atoms with Gasteiger partial charge in [-0.3, -0.25) is 9.78 Å². The van der Waals surface area contributed by atoms with Crippen LogP contribution in [0.1, 0.15) is 31.4 Å². The molecule has 1 fully saturated rings. The minimum Gasteiger partial charge on any atom is -0.457 e. The lowest BCUT2D eigenvalue weighted by molar-refractivity contribution is -0.141. The number of carbonyl (C=O) groups is 1. The van der Waals surface area contributed by atoms with E-state index in [2.05, 4.69) is 11.9 Å². The normalized spacial score (nSPS) is 26.2. The lowest BCUT2D eigenvalue weighted by atomic mass is 9.94. The number of aromatic nitrogens is 1. The van der Waals surface area contributed by atoms with Crippen molar-refractivity contribution in [3.63, 3.8) is 0 Å². The Labute approximate surface area is 83.1 Å². The van der Waals surface area contributed by atoms with Crippen LogP contribution in [0.3, 0.4) is 0 Å². The van der Waals surface area contributed by atoms with Crippen molar-refractivity contribution in [2.75, 3.05) is 0 Å². The monoisotopic (exact) mass is 191 g/mol. The van der Waals surface area contributed by atoms with Crippen LogP contribution in [0.5, 0.6) is 0 Å². The fraction of sp³-hybridized carbons (Fsp3) is 0.455. The summed E-state index contributed by atoms with van der Waals surface area (Å²) < 4.78 is 5.27. The number of rotatable bonds is 2. The van der Waals surface area contributed by atoms with Gasteiger partial charge in [0.05, 0.1) is 6.42 Å². The SMILES string of the molecule is CCC1CC(=O)OC1c1cccnc1. The minimum absolute atomic E-state index is 0.0822. The first-order valence-corrected chi connectivity index (χ1v) is 4.90. The van der Waals surface area contributed by atoms with Crippen LogP contribution >= 0.6 is 0 Å². The van der Waals surface area contributed by atoms with Gasteiger partial charge in [-0.25, -0.2) is 0 Å². The molecule has 0 spiro atoms. The maximum absolute atomic E-state index is 11.2. The van der Waals surface area contributed by atoms with Gasteiger partial charge in [-0.05, 0) is 12.5 Å². The van der Waals surface area contributed by atoms with Gasteiger partial charge < -0.3 is 4.74 Å². The van der Waals surface area contributed by atoms with Crippen molar-refractivity contribution in [3.05, 3.63) is 30.1 Å². The summed E-state index contributed by atoms with van der Waals surface area (Å²) in [5.41, 5.74) is 1.00. The highest BCUT2D eigenvalue weighted by Gasteiger charge is 2.34. The molecule has 0 amide bonds. The molecule has 2 heterocycles. The number of pyridine rings is 1. The van der Waals surface area contributed by atoms with Gasteiger partial charge in [0, 0.05) is 23.9 Å². The van der Waals surface area contributed by atoms with Crippen LogP contribution < -0.4 is 0 Å². The minimum atomic E-state index is -0.0919. The Hall–Kier alpha value is -1.38. The van der Waals surface area contributed by atoms with Crippen LogP contribution in [-0.4, -0.2) is 11.0 Å². The molecular weight excluding hydrogens is 178 g/mol. The van der Waals surface area contributed by atoms with E-state index in [0.29, 0.717) is 12.3 Å². The van der Waals surface area contributed by atoms with E-state index in [9.17, 15) is 4.79 Å². The molecule has 0 N–H and O–H groups in total. The molecule has 1 aliphatic heterocycles. The molecule has 0 aromatic carbocycles. The van der Waals surface area contributed by atoms with Crippen molar-refractivity contribution in [2.45, 2.75) is 25.9 Å². The van der Waals surface area contributed by atoms with E-state index < -0.39 is 0 Å². The smallest absolute Gasteiger partial charge is 0.306 e. The number of esters is 1. The van der Waals surface area contributed by atoms with E-state index in [0.717, 1.165) is 12.0 Å². The van der Waals surface area contributed by atoms with Crippen molar-refractivity contribution in [3.8, 4) is 0 Å². The summed E-state index contributed by atoms with van der Waals surface area (Å²) >= 11 is 0. The van der Waals surface area contributed by atoms with Crippen LogP contribution in [0, 0.1) is 5.92 Å². The van der Waals surface area contributed by atoms with E-state index in [1.54, 1.807) is 12.4 Å². The van der Waals surface area contributed by atoms with Gasteiger partial charge in [-0.2, -0.15) is 0 Å². The Kier molecular flexibility index (Phi) is 2.48. The van der Waals surface area contributed by atoms with Crippen LogP contribution in [0.25, 0.3) is 0 Å². The lowest BCUT2D eigenvalue weighted by Crippen LogP contribution is -2.06. The highest BCUT2D eigenvalue weighted by Crippen LogP contribution is 2.36. The van der Waals surface area contributed by atoms with Gasteiger partial charge in [-0.15, -0.1) is 0 Å². The standard InChI is InChI=1S/C11H13NO2/c1-2-8-6-10(13)14-11(8)9-4-3-5-12-7-9/h3-5,7-8,11H,2,6H2,1H3. The molecule has 3 nitrogen and oxygen atoms in total. The number of cyclic esters (lactones) is 1.